The van der Waals surface area contributed by atoms with Crippen molar-refractivity contribution < 1.29 is 0 Å². The molecule has 0 nitrogen and oxygen atoms in total. The van der Waals surface area contributed by atoms with Gasteiger partial charge in [-0.3, -0.25) is 0 Å². The normalized spacial score (nSPS) is 44.8. The van der Waals surface area contributed by atoms with Crippen molar-refractivity contribution in [3.05, 3.63) is 0 Å². The Morgan fingerprint density at radius 3 is 2.42 bits per heavy atom. The average molecular weight is 166 g/mol. The lowest BCUT2D eigenvalue weighted by molar-refractivity contribution is 0.0686. The molecular formula is C12H22. The van der Waals surface area contributed by atoms with E-state index in [4.69, 9.17) is 0 Å². The van der Waals surface area contributed by atoms with E-state index in [-0.39, 0.29) is 0 Å². The van der Waals surface area contributed by atoms with E-state index in [0.29, 0.717) is 5.41 Å². The molecule has 0 saturated heterocycles. The Hall–Kier alpha value is 0. The van der Waals surface area contributed by atoms with Crippen LogP contribution in [0.15, 0.2) is 0 Å². The molecule has 0 spiro atoms. The Morgan fingerprint density at radius 1 is 1.08 bits per heavy atom. The summed E-state index contributed by atoms with van der Waals surface area (Å²) in [5.74, 6) is 3.17. The van der Waals surface area contributed by atoms with Gasteiger partial charge in [0.2, 0.25) is 0 Å². The van der Waals surface area contributed by atoms with E-state index in [9.17, 15) is 0 Å². The van der Waals surface area contributed by atoms with Gasteiger partial charge in [0, 0.05) is 0 Å². The van der Waals surface area contributed by atoms with Crippen LogP contribution >= 0.6 is 0 Å². The summed E-state index contributed by atoms with van der Waals surface area (Å²) < 4.78 is 0. The summed E-state index contributed by atoms with van der Waals surface area (Å²) >= 11 is 0. The van der Waals surface area contributed by atoms with Crippen LogP contribution in [0.1, 0.15) is 52.9 Å². The Bertz CT molecular complexity index is 169. The minimum Gasteiger partial charge on any atom is -0.0651 e. The van der Waals surface area contributed by atoms with Crippen LogP contribution in [0, 0.1) is 23.2 Å². The van der Waals surface area contributed by atoms with Crippen LogP contribution in [-0.2, 0) is 0 Å². The van der Waals surface area contributed by atoms with Crippen LogP contribution in [0.2, 0.25) is 0 Å². The van der Waals surface area contributed by atoms with Crippen LogP contribution in [0.5, 0.6) is 0 Å². The van der Waals surface area contributed by atoms with Crippen molar-refractivity contribution in [2.45, 2.75) is 52.9 Å². The maximum absolute atomic E-state index is 2.51. The fraction of sp³-hybridized carbons (Fsp3) is 1.00. The second-order valence-electron chi connectivity index (χ2n) is 5.45. The first-order chi connectivity index (χ1) is 5.66. The molecule has 2 rings (SSSR count). The van der Waals surface area contributed by atoms with Gasteiger partial charge in [-0.05, 0) is 48.9 Å². The van der Waals surface area contributed by atoms with E-state index < -0.39 is 0 Å². The van der Waals surface area contributed by atoms with Gasteiger partial charge in [-0.25, -0.2) is 0 Å². The molecule has 2 saturated carbocycles. The molecule has 0 aromatic carbocycles. The molecular weight excluding hydrogens is 144 g/mol. The van der Waals surface area contributed by atoms with E-state index >= 15 is 0 Å². The summed E-state index contributed by atoms with van der Waals surface area (Å²) in [6.07, 6.45) is 7.50. The quantitative estimate of drug-likeness (QED) is 0.555. The van der Waals surface area contributed by atoms with Crippen LogP contribution in [0.25, 0.3) is 0 Å². The van der Waals surface area contributed by atoms with Crippen LogP contribution in [-0.4, -0.2) is 0 Å². The third-order valence-electron chi connectivity index (χ3n) is 4.81. The predicted molar refractivity (Wildman–Crippen MR) is 53.0 cm³/mol. The molecule has 0 aromatic heterocycles. The first kappa shape index (κ1) is 8.59. The fourth-order valence-electron chi connectivity index (χ4n) is 3.89. The van der Waals surface area contributed by atoms with E-state index in [2.05, 4.69) is 20.8 Å². The van der Waals surface area contributed by atoms with Crippen LogP contribution in [0.4, 0.5) is 0 Å². The first-order valence-corrected chi connectivity index (χ1v) is 5.66. The lowest BCUT2D eigenvalue weighted by atomic mass is 9.63. The molecule has 0 aromatic rings. The zero-order chi connectivity index (χ0) is 8.77. The van der Waals surface area contributed by atoms with Gasteiger partial charge in [-0.1, -0.05) is 27.2 Å². The van der Waals surface area contributed by atoms with Crippen molar-refractivity contribution in [3.63, 3.8) is 0 Å². The highest BCUT2D eigenvalue weighted by molar-refractivity contribution is 4.98. The van der Waals surface area contributed by atoms with Gasteiger partial charge in [0.15, 0.2) is 0 Å². The van der Waals surface area contributed by atoms with Gasteiger partial charge in [0.25, 0.3) is 0 Å². The summed E-state index contributed by atoms with van der Waals surface area (Å²) in [5, 5.41) is 0. The van der Waals surface area contributed by atoms with E-state index in [1.807, 2.05) is 0 Å². The van der Waals surface area contributed by atoms with Gasteiger partial charge in [-0.15, -0.1) is 0 Å². The topological polar surface area (TPSA) is 0 Å². The zero-order valence-electron chi connectivity index (χ0n) is 8.77. The van der Waals surface area contributed by atoms with Gasteiger partial charge in [0.05, 0.1) is 0 Å². The minimum absolute atomic E-state index is 0.679. The molecule has 2 fully saturated rings. The fourth-order valence-corrected chi connectivity index (χ4v) is 3.89. The van der Waals surface area contributed by atoms with Crippen molar-refractivity contribution >= 4 is 0 Å². The highest BCUT2D eigenvalue weighted by atomic mass is 14.5. The molecule has 12 heavy (non-hydrogen) atoms. The number of fused-ring (bicyclic) bond motifs is 2. The number of rotatable bonds is 1. The highest BCUT2D eigenvalue weighted by Crippen LogP contribution is 2.57. The first-order valence-electron chi connectivity index (χ1n) is 5.66. The summed E-state index contributed by atoms with van der Waals surface area (Å²) in [4.78, 5) is 0. The molecule has 2 bridgehead atoms. The molecule has 0 radical (unpaired) electrons. The monoisotopic (exact) mass is 166 g/mol. The number of hydrogen-bond acceptors (Lipinski definition) is 0. The maximum Gasteiger partial charge on any atom is -0.0295 e. The molecule has 70 valence electrons. The summed E-state index contributed by atoms with van der Waals surface area (Å²) in [7, 11) is 0. The summed E-state index contributed by atoms with van der Waals surface area (Å²) in [6, 6.07) is 0. The molecule has 2 aliphatic rings. The predicted octanol–water partition coefficient (Wildman–Crippen LogP) is 3.86. The average Bonchev–Trinajstić information content (AvgIpc) is 2.24. The molecule has 0 unspecified atom stereocenters. The van der Waals surface area contributed by atoms with Crippen molar-refractivity contribution in [3.8, 4) is 0 Å². The standard InChI is InChI=1S/C12H22/c1-4-9-5-6-10-7-8-11(9)12(10,2)3/h9-11H,4-8H2,1-3H3/t9-,10+,11+/m1/s1. The largest absolute Gasteiger partial charge is 0.0651 e. The Morgan fingerprint density at radius 2 is 1.75 bits per heavy atom. The van der Waals surface area contributed by atoms with E-state index in [1.165, 1.54) is 32.1 Å². The van der Waals surface area contributed by atoms with Gasteiger partial charge < -0.3 is 0 Å². The molecule has 0 heteroatoms. The van der Waals surface area contributed by atoms with Crippen LogP contribution < -0.4 is 0 Å². The maximum atomic E-state index is 2.51. The Labute approximate surface area is 76.7 Å². The Balaban J connectivity index is 2.19. The molecule has 0 aliphatic heterocycles. The molecule has 2 aliphatic carbocycles. The third kappa shape index (κ3) is 1.03. The van der Waals surface area contributed by atoms with Gasteiger partial charge in [-0.2, -0.15) is 0 Å². The molecule has 0 heterocycles. The third-order valence-corrected chi connectivity index (χ3v) is 4.81. The second kappa shape index (κ2) is 2.75. The molecule has 3 atom stereocenters. The highest BCUT2D eigenvalue weighted by Gasteiger charge is 2.48. The molecule has 0 N–H and O–H groups in total. The SMILES string of the molecule is CC[C@@H]1CC[C@H]2CC[C@@H]1C2(C)C. The number of hydrogen-bond donors (Lipinski definition) is 0. The summed E-state index contributed by atoms with van der Waals surface area (Å²) in [6.45, 7) is 7.40. The lowest BCUT2D eigenvalue weighted by Crippen LogP contribution is -2.34. The van der Waals surface area contributed by atoms with Gasteiger partial charge >= 0.3 is 0 Å². The van der Waals surface area contributed by atoms with E-state index in [1.54, 1.807) is 0 Å². The van der Waals surface area contributed by atoms with Crippen LogP contribution in [0.3, 0.4) is 0 Å². The van der Waals surface area contributed by atoms with Crippen molar-refractivity contribution in [2.24, 2.45) is 23.2 Å². The second-order valence-corrected chi connectivity index (χ2v) is 5.45. The Kier molecular flexibility index (Phi) is 1.97. The smallest absolute Gasteiger partial charge is 0.0295 e. The van der Waals surface area contributed by atoms with Crippen molar-refractivity contribution in [1.29, 1.82) is 0 Å². The molecule has 0 amide bonds. The summed E-state index contributed by atoms with van der Waals surface area (Å²) in [5.41, 5.74) is 0.679. The van der Waals surface area contributed by atoms with Crippen molar-refractivity contribution in [2.75, 3.05) is 0 Å². The van der Waals surface area contributed by atoms with Gasteiger partial charge in [0.1, 0.15) is 0 Å². The lowest BCUT2D eigenvalue weighted by Gasteiger charge is -2.42. The van der Waals surface area contributed by atoms with Crippen molar-refractivity contribution in [1.82, 2.24) is 0 Å². The van der Waals surface area contributed by atoms with E-state index in [0.717, 1.165) is 17.8 Å². The minimum atomic E-state index is 0.679. The zero-order valence-corrected chi connectivity index (χ0v) is 8.77.